The van der Waals surface area contributed by atoms with Crippen LogP contribution >= 0.6 is 0 Å². The molecule has 0 fully saturated rings. The molecular formula is C16H31N3O6. The van der Waals surface area contributed by atoms with Crippen molar-refractivity contribution in [2.45, 2.75) is 77.9 Å². The van der Waals surface area contributed by atoms with E-state index in [0.29, 0.717) is 0 Å². The van der Waals surface area contributed by atoms with Crippen molar-refractivity contribution in [3.63, 3.8) is 0 Å². The molecule has 0 spiro atoms. The second kappa shape index (κ2) is 9.00. The number of ether oxygens (including phenoxy) is 2. The van der Waals surface area contributed by atoms with E-state index in [4.69, 9.17) is 20.3 Å². The first-order valence-electron chi connectivity index (χ1n) is 8.07. The summed E-state index contributed by atoms with van der Waals surface area (Å²) < 4.78 is 10.9. The summed E-state index contributed by atoms with van der Waals surface area (Å²) in [6.45, 7) is 11.8. The van der Waals surface area contributed by atoms with Crippen LogP contribution in [0.25, 0.3) is 0 Å². The van der Waals surface area contributed by atoms with E-state index in [9.17, 15) is 14.4 Å². The fourth-order valence-corrected chi connectivity index (χ4v) is 1.94. The first-order valence-corrected chi connectivity index (χ1v) is 8.07. The molecule has 0 aliphatic carbocycles. The van der Waals surface area contributed by atoms with Crippen molar-refractivity contribution in [2.24, 2.45) is 5.73 Å². The van der Waals surface area contributed by atoms with Crippen molar-refractivity contribution in [1.29, 1.82) is 0 Å². The first kappa shape index (κ1) is 23.1. The van der Waals surface area contributed by atoms with Crippen LogP contribution in [-0.2, 0) is 19.1 Å². The number of carbonyl (C=O) groups excluding carboxylic acids is 2. The quantitative estimate of drug-likeness (QED) is 0.521. The summed E-state index contributed by atoms with van der Waals surface area (Å²) in [5, 5.41) is 13.7. The van der Waals surface area contributed by atoms with Gasteiger partial charge in [0.05, 0.1) is 11.7 Å². The van der Waals surface area contributed by atoms with E-state index in [1.807, 2.05) is 0 Å². The van der Waals surface area contributed by atoms with E-state index in [2.05, 4.69) is 10.6 Å². The summed E-state index contributed by atoms with van der Waals surface area (Å²) in [5.41, 5.74) is 4.02. The van der Waals surface area contributed by atoms with Crippen molar-refractivity contribution in [3.8, 4) is 0 Å². The highest BCUT2D eigenvalue weighted by Crippen LogP contribution is 2.14. The molecule has 5 N–H and O–H groups in total. The van der Waals surface area contributed by atoms with E-state index in [1.165, 1.54) is 0 Å². The molecule has 0 heterocycles. The molecule has 0 saturated heterocycles. The minimum absolute atomic E-state index is 0.283. The minimum atomic E-state index is -1.27. The maximum Gasteiger partial charge on any atom is 0.408 e. The van der Waals surface area contributed by atoms with E-state index in [0.717, 1.165) is 0 Å². The van der Waals surface area contributed by atoms with Gasteiger partial charge in [0.1, 0.15) is 17.7 Å². The SMILES string of the molecule is C[C@@H](OC(C)(C)C)[C@H](NC(=O)OC(C)(C)C)C(=O)N[C@@H](CN)C(=O)O. The van der Waals surface area contributed by atoms with E-state index in [-0.39, 0.29) is 6.54 Å². The number of hydrogen-bond acceptors (Lipinski definition) is 6. The number of hydrogen-bond donors (Lipinski definition) is 4. The Bertz CT molecular complexity index is 481. The van der Waals surface area contributed by atoms with Crippen LogP contribution in [0.1, 0.15) is 48.5 Å². The molecule has 0 saturated carbocycles. The zero-order valence-corrected chi connectivity index (χ0v) is 16.0. The van der Waals surface area contributed by atoms with Crippen LogP contribution < -0.4 is 16.4 Å². The largest absolute Gasteiger partial charge is 0.480 e. The Kier molecular flexibility index (Phi) is 8.33. The standard InChI is InChI=1S/C16H31N3O6/c1-9(24-15(2,3)4)11(19-14(23)25-16(5,6)7)12(20)18-10(8-17)13(21)22/h9-11H,8,17H2,1-7H3,(H,18,20)(H,19,23)(H,21,22)/t9-,10+,11+/m1/s1. The van der Waals surface area contributed by atoms with Crippen LogP contribution in [0, 0.1) is 0 Å². The van der Waals surface area contributed by atoms with Gasteiger partial charge in [0.2, 0.25) is 5.91 Å². The molecule has 0 rings (SSSR count). The Morgan fingerprint density at radius 3 is 1.92 bits per heavy atom. The van der Waals surface area contributed by atoms with Crippen molar-refractivity contribution in [2.75, 3.05) is 6.54 Å². The van der Waals surface area contributed by atoms with E-state index >= 15 is 0 Å². The number of carbonyl (C=O) groups is 3. The fourth-order valence-electron chi connectivity index (χ4n) is 1.94. The topological polar surface area (TPSA) is 140 Å². The van der Waals surface area contributed by atoms with Crippen LogP contribution in [0.4, 0.5) is 4.79 Å². The van der Waals surface area contributed by atoms with Gasteiger partial charge in [-0.15, -0.1) is 0 Å². The van der Waals surface area contributed by atoms with Crippen LogP contribution in [0.5, 0.6) is 0 Å². The number of aliphatic carboxylic acids is 1. The van der Waals surface area contributed by atoms with Crippen molar-refractivity contribution >= 4 is 18.0 Å². The Morgan fingerprint density at radius 2 is 1.56 bits per heavy atom. The lowest BCUT2D eigenvalue weighted by molar-refractivity contribution is -0.143. The fraction of sp³-hybridized carbons (Fsp3) is 0.812. The third kappa shape index (κ3) is 9.88. The monoisotopic (exact) mass is 361 g/mol. The second-order valence-corrected chi connectivity index (χ2v) is 7.69. The van der Waals surface area contributed by atoms with Gasteiger partial charge in [0, 0.05) is 6.54 Å². The average Bonchev–Trinajstić information content (AvgIpc) is 2.37. The van der Waals surface area contributed by atoms with Gasteiger partial charge in [0.25, 0.3) is 0 Å². The van der Waals surface area contributed by atoms with Gasteiger partial charge in [-0.3, -0.25) is 4.79 Å². The summed E-state index contributed by atoms with van der Waals surface area (Å²) in [5.74, 6) is -1.99. The molecule has 0 bridgehead atoms. The molecule has 146 valence electrons. The molecule has 9 heteroatoms. The van der Waals surface area contributed by atoms with Crippen molar-refractivity contribution in [3.05, 3.63) is 0 Å². The lowest BCUT2D eigenvalue weighted by Crippen LogP contribution is -2.58. The molecular weight excluding hydrogens is 330 g/mol. The van der Waals surface area contributed by atoms with E-state index in [1.54, 1.807) is 48.5 Å². The maximum absolute atomic E-state index is 12.5. The number of amides is 2. The highest BCUT2D eigenvalue weighted by molar-refractivity contribution is 5.89. The molecule has 0 aliphatic rings. The second-order valence-electron chi connectivity index (χ2n) is 7.69. The third-order valence-corrected chi connectivity index (χ3v) is 2.81. The molecule has 0 unspecified atom stereocenters. The Labute approximate surface area is 148 Å². The van der Waals surface area contributed by atoms with Gasteiger partial charge >= 0.3 is 12.1 Å². The number of carboxylic acid groups (broad SMARTS) is 1. The smallest absolute Gasteiger partial charge is 0.408 e. The van der Waals surface area contributed by atoms with E-state index < -0.39 is 47.4 Å². The van der Waals surface area contributed by atoms with Crippen molar-refractivity contribution < 1.29 is 29.0 Å². The van der Waals surface area contributed by atoms with Crippen LogP contribution in [0.15, 0.2) is 0 Å². The number of nitrogens with two attached hydrogens (primary N) is 1. The Morgan fingerprint density at radius 1 is 1.04 bits per heavy atom. The van der Waals surface area contributed by atoms with Gasteiger partial charge in [-0.2, -0.15) is 0 Å². The number of rotatable bonds is 7. The number of carboxylic acids is 1. The molecule has 25 heavy (non-hydrogen) atoms. The van der Waals surface area contributed by atoms with Gasteiger partial charge < -0.3 is 30.9 Å². The average molecular weight is 361 g/mol. The molecule has 3 atom stereocenters. The van der Waals surface area contributed by atoms with Gasteiger partial charge in [0.15, 0.2) is 0 Å². The number of nitrogens with one attached hydrogen (secondary N) is 2. The molecule has 0 aliphatic heterocycles. The molecule has 0 aromatic heterocycles. The number of alkyl carbamates (subject to hydrolysis) is 1. The molecule has 0 radical (unpaired) electrons. The Balaban J connectivity index is 5.27. The van der Waals surface area contributed by atoms with Gasteiger partial charge in [-0.25, -0.2) is 9.59 Å². The van der Waals surface area contributed by atoms with Crippen LogP contribution in [-0.4, -0.2) is 59.0 Å². The summed E-state index contributed by atoms with van der Waals surface area (Å²) in [6.07, 6.45) is -1.55. The lowest BCUT2D eigenvalue weighted by atomic mass is 10.1. The normalized spacial score (nSPS) is 15.7. The summed E-state index contributed by atoms with van der Waals surface area (Å²) in [6, 6.07) is -2.42. The predicted molar refractivity (Wildman–Crippen MR) is 92.1 cm³/mol. The summed E-state index contributed by atoms with van der Waals surface area (Å²) in [7, 11) is 0. The first-order chi connectivity index (χ1) is 11.2. The predicted octanol–water partition coefficient (Wildman–Crippen LogP) is 0.611. The van der Waals surface area contributed by atoms with Crippen LogP contribution in [0.2, 0.25) is 0 Å². The van der Waals surface area contributed by atoms with Crippen LogP contribution in [0.3, 0.4) is 0 Å². The highest BCUT2D eigenvalue weighted by atomic mass is 16.6. The van der Waals surface area contributed by atoms with Crippen molar-refractivity contribution in [1.82, 2.24) is 10.6 Å². The molecule has 0 aromatic carbocycles. The Hall–Kier alpha value is -1.87. The zero-order valence-electron chi connectivity index (χ0n) is 16.0. The highest BCUT2D eigenvalue weighted by Gasteiger charge is 2.34. The molecule has 0 aromatic rings. The molecule has 2 amide bonds. The zero-order chi connectivity index (χ0) is 20.0. The van der Waals surface area contributed by atoms with Gasteiger partial charge in [-0.05, 0) is 48.5 Å². The lowest BCUT2D eigenvalue weighted by Gasteiger charge is -2.31. The maximum atomic E-state index is 12.5. The summed E-state index contributed by atoms with van der Waals surface area (Å²) in [4.78, 5) is 35.5. The minimum Gasteiger partial charge on any atom is -0.480 e. The third-order valence-electron chi connectivity index (χ3n) is 2.81. The van der Waals surface area contributed by atoms with Gasteiger partial charge in [-0.1, -0.05) is 0 Å². The summed E-state index contributed by atoms with van der Waals surface area (Å²) >= 11 is 0. The molecule has 9 nitrogen and oxygen atoms in total.